The molecule has 0 bridgehead atoms. The van der Waals surface area contributed by atoms with Crippen molar-refractivity contribution in [1.82, 2.24) is 24.5 Å². The average molecular weight is 390 g/mol. The van der Waals surface area contributed by atoms with E-state index in [9.17, 15) is 9.59 Å². The first kappa shape index (κ1) is 20.8. The molecule has 2 aliphatic heterocycles. The van der Waals surface area contributed by atoms with Crippen molar-refractivity contribution in [3.8, 4) is 0 Å². The highest BCUT2D eigenvalue weighted by molar-refractivity contribution is 5.78. The van der Waals surface area contributed by atoms with Crippen molar-refractivity contribution in [1.29, 1.82) is 0 Å². The van der Waals surface area contributed by atoms with E-state index in [0.29, 0.717) is 13.0 Å². The summed E-state index contributed by atoms with van der Waals surface area (Å²) in [7, 11) is 1.94. The molecule has 3 rings (SSSR count). The number of carbonyl (C=O) groups is 2. The molecule has 7 heteroatoms. The van der Waals surface area contributed by atoms with Crippen molar-refractivity contribution in [2.45, 2.75) is 52.4 Å². The fraction of sp³-hybridized carbons (Fsp3) is 0.762. The summed E-state index contributed by atoms with van der Waals surface area (Å²) in [6.07, 6.45) is 6.01. The van der Waals surface area contributed by atoms with Crippen LogP contribution in [0.25, 0.3) is 0 Å². The Balaban J connectivity index is 1.41. The summed E-state index contributed by atoms with van der Waals surface area (Å²) in [5, 5.41) is 4.43. The first-order valence-corrected chi connectivity index (χ1v) is 10.7. The molecule has 2 aliphatic rings. The van der Waals surface area contributed by atoms with Gasteiger partial charge < -0.3 is 9.80 Å². The number of aromatic nitrogens is 2. The van der Waals surface area contributed by atoms with Gasteiger partial charge in [0.05, 0.1) is 12.2 Å². The van der Waals surface area contributed by atoms with Crippen LogP contribution in [-0.2, 0) is 23.1 Å². The Bertz CT molecular complexity index is 683. The molecule has 0 unspecified atom stereocenters. The second-order valence-corrected chi connectivity index (χ2v) is 8.22. The second kappa shape index (κ2) is 9.54. The maximum absolute atomic E-state index is 12.6. The highest BCUT2D eigenvalue weighted by Gasteiger charge is 2.24. The monoisotopic (exact) mass is 389 g/mol. The van der Waals surface area contributed by atoms with E-state index < -0.39 is 0 Å². The SMILES string of the molecule is Cc1nn(C)c(C)c1CCC(=O)N1CCN(CC(=O)N2CCCCCC2)CC1. The Labute approximate surface area is 168 Å². The minimum Gasteiger partial charge on any atom is -0.342 e. The summed E-state index contributed by atoms with van der Waals surface area (Å²) >= 11 is 0. The number of likely N-dealkylation sites (tertiary alicyclic amines) is 1. The number of hydrogen-bond donors (Lipinski definition) is 0. The lowest BCUT2D eigenvalue weighted by Gasteiger charge is -2.35. The third kappa shape index (κ3) is 5.13. The normalized spacial score (nSPS) is 19.0. The third-order valence-electron chi connectivity index (χ3n) is 6.29. The molecular weight excluding hydrogens is 354 g/mol. The Morgan fingerprint density at radius 2 is 1.46 bits per heavy atom. The van der Waals surface area contributed by atoms with Crippen LogP contribution in [0.15, 0.2) is 0 Å². The standard InChI is InChI=1S/C21H35N5O2/c1-17-19(18(2)23(3)22-17)8-9-20(27)26-14-12-24(13-15-26)16-21(28)25-10-6-4-5-7-11-25/h4-16H2,1-3H3. The quantitative estimate of drug-likeness (QED) is 0.766. The van der Waals surface area contributed by atoms with Gasteiger partial charge in [-0.2, -0.15) is 5.10 Å². The fourth-order valence-electron chi connectivity index (χ4n) is 4.34. The van der Waals surface area contributed by atoms with E-state index >= 15 is 0 Å². The summed E-state index contributed by atoms with van der Waals surface area (Å²) in [6.45, 7) is 9.39. The zero-order valence-corrected chi connectivity index (χ0v) is 17.7. The van der Waals surface area contributed by atoms with Crippen LogP contribution in [0.2, 0.25) is 0 Å². The summed E-state index contributed by atoms with van der Waals surface area (Å²) in [4.78, 5) is 31.4. The molecule has 1 aromatic rings. The first-order valence-electron chi connectivity index (χ1n) is 10.7. The van der Waals surface area contributed by atoms with Gasteiger partial charge >= 0.3 is 0 Å². The van der Waals surface area contributed by atoms with Gasteiger partial charge in [-0.25, -0.2) is 0 Å². The van der Waals surface area contributed by atoms with Crippen LogP contribution in [0.4, 0.5) is 0 Å². The molecule has 0 spiro atoms. The molecule has 0 aromatic carbocycles. The van der Waals surface area contributed by atoms with Crippen molar-refractivity contribution in [3.05, 3.63) is 17.0 Å². The predicted molar refractivity (Wildman–Crippen MR) is 109 cm³/mol. The predicted octanol–water partition coefficient (Wildman–Crippen LogP) is 1.52. The lowest BCUT2D eigenvalue weighted by molar-refractivity contribution is -0.135. The molecule has 0 radical (unpaired) electrons. The maximum atomic E-state index is 12.6. The maximum Gasteiger partial charge on any atom is 0.236 e. The van der Waals surface area contributed by atoms with Gasteiger partial charge in [-0.3, -0.25) is 19.2 Å². The van der Waals surface area contributed by atoms with Crippen molar-refractivity contribution >= 4 is 11.8 Å². The van der Waals surface area contributed by atoms with Gasteiger partial charge in [0.2, 0.25) is 11.8 Å². The largest absolute Gasteiger partial charge is 0.342 e. The minimum absolute atomic E-state index is 0.209. The van der Waals surface area contributed by atoms with Gasteiger partial charge in [0, 0.05) is 58.4 Å². The molecule has 7 nitrogen and oxygen atoms in total. The summed E-state index contributed by atoms with van der Waals surface area (Å²) in [5.74, 6) is 0.463. The number of rotatable bonds is 5. The van der Waals surface area contributed by atoms with E-state index in [2.05, 4.69) is 16.9 Å². The molecule has 0 aliphatic carbocycles. The van der Waals surface area contributed by atoms with E-state index in [1.807, 2.05) is 28.5 Å². The van der Waals surface area contributed by atoms with Crippen molar-refractivity contribution < 1.29 is 9.59 Å². The van der Waals surface area contributed by atoms with Gasteiger partial charge in [-0.1, -0.05) is 12.8 Å². The van der Waals surface area contributed by atoms with Gasteiger partial charge in [0.15, 0.2) is 0 Å². The molecule has 1 aromatic heterocycles. The molecule has 28 heavy (non-hydrogen) atoms. The molecule has 3 heterocycles. The van der Waals surface area contributed by atoms with Crippen LogP contribution in [-0.4, -0.2) is 82.1 Å². The molecule has 2 amide bonds. The van der Waals surface area contributed by atoms with Gasteiger partial charge in [-0.15, -0.1) is 0 Å². The van der Waals surface area contributed by atoms with E-state index in [-0.39, 0.29) is 11.8 Å². The van der Waals surface area contributed by atoms with Gasteiger partial charge in [0.1, 0.15) is 0 Å². The van der Waals surface area contributed by atoms with E-state index in [1.165, 1.54) is 18.4 Å². The van der Waals surface area contributed by atoms with Crippen LogP contribution in [0.3, 0.4) is 0 Å². The lowest BCUT2D eigenvalue weighted by atomic mass is 10.1. The van der Waals surface area contributed by atoms with E-state index in [1.54, 1.807) is 0 Å². The third-order valence-corrected chi connectivity index (χ3v) is 6.29. The van der Waals surface area contributed by atoms with Crippen LogP contribution >= 0.6 is 0 Å². The number of amides is 2. The summed E-state index contributed by atoms with van der Waals surface area (Å²) < 4.78 is 1.88. The van der Waals surface area contributed by atoms with Crippen molar-refractivity contribution in [2.24, 2.45) is 7.05 Å². The van der Waals surface area contributed by atoms with E-state index in [0.717, 1.165) is 69.9 Å². The summed E-state index contributed by atoms with van der Waals surface area (Å²) in [6, 6.07) is 0. The highest BCUT2D eigenvalue weighted by Crippen LogP contribution is 2.16. The number of carbonyl (C=O) groups excluding carboxylic acids is 2. The van der Waals surface area contributed by atoms with Crippen LogP contribution in [0, 0.1) is 13.8 Å². The zero-order valence-electron chi connectivity index (χ0n) is 17.7. The Hall–Kier alpha value is -1.89. The summed E-state index contributed by atoms with van der Waals surface area (Å²) in [5.41, 5.74) is 3.35. The Kier molecular flexibility index (Phi) is 7.10. The fourth-order valence-corrected chi connectivity index (χ4v) is 4.34. The number of hydrogen-bond acceptors (Lipinski definition) is 4. The topological polar surface area (TPSA) is 61.7 Å². The lowest BCUT2D eigenvalue weighted by Crippen LogP contribution is -2.51. The zero-order chi connectivity index (χ0) is 20.1. The first-order chi connectivity index (χ1) is 13.5. The highest BCUT2D eigenvalue weighted by atomic mass is 16.2. The number of aryl methyl sites for hydroxylation is 2. The van der Waals surface area contributed by atoms with Gasteiger partial charge in [-0.05, 0) is 38.7 Å². The smallest absolute Gasteiger partial charge is 0.236 e. The molecule has 156 valence electrons. The molecule has 2 saturated heterocycles. The molecule has 0 atom stereocenters. The van der Waals surface area contributed by atoms with Crippen LogP contribution in [0.1, 0.15) is 49.1 Å². The second-order valence-electron chi connectivity index (χ2n) is 8.22. The molecule has 0 saturated carbocycles. The van der Waals surface area contributed by atoms with Crippen LogP contribution < -0.4 is 0 Å². The Morgan fingerprint density at radius 3 is 2.04 bits per heavy atom. The average Bonchev–Trinajstić information content (AvgIpc) is 2.89. The Morgan fingerprint density at radius 1 is 0.857 bits per heavy atom. The van der Waals surface area contributed by atoms with Gasteiger partial charge in [0.25, 0.3) is 0 Å². The van der Waals surface area contributed by atoms with Crippen LogP contribution in [0.5, 0.6) is 0 Å². The molecule has 0 N–H and O–H groups in total. The minimum atomic E-state index is 0.209. The number of piperazine rings is 1. The van der Waals surface area contributed by atoms with Crippen molar-refractivity contribution in [2.75, 3.05) is 45.8 Å². The molecule has 2 fully saturated rings. The molecular formula is C21H35N5O2. The van der Waals surface area contributed by atoms with Crippen molar-refractivity contribution in [3.63, 3.8) is 0 Å². The number of nitrogens with zero attached hydrogens (tertiary/aromatic N) is 5. The van der Waals surface area contributed by atoms with E-state index in [4.69, 9.17) is 0 Å².